The molecule has 1 heterocycles. The number of halogens is 4. The van der Waals surface area contributed by atoms with Crippen molar-refractivity contribution in [1.29, 1.82) is 0 Å². The number of hydrogen-bond acceptors (Lipinski definition) is 2. The Morgan fingerprint density at radius 3 is 2.58 bits per heavy atom. The summed E-state index contributed by atoms with van der Waals surface area (Å²) < 4.78 is 38.4. The van der Waals surface area contributed by atoms with Crippen molar-refractivity contribution in [2.45, 2.75) is 12.7 Å². The van der Waals surface area contributed by atoms with E-state index < -0.39 is 23.6 Å². The monoisotopic (exact) mass is 337 g/mol. The van der Waals surface area contributed by atoms with E-state index in [1.165, 1.54) is 6.07 Å². The maximum atomic E-state index is 12.6. The highest BCUT2D eigenvalue weighted by molar-refractivity contribution is 9.10. The summed E-state index contributed by atoms with van der Waals surface area (Å²) in [5.41, 5.74) is -0.181. The Balaban J connectivity index is 2.07. The third-order valence-electron chi connectivity index (χ3n) is 3.07. The third kappa shape index (κ3) is 3.27. The molecule has 1 aliphatic heterocycles. The van der Waals surface area contributed by atoms with Gasteiger partial charge in [-0.05, 0) is 23.8 Å². The number of hydrogen-bond donors (Lipinski definition) is 1. The van der Waals surface area contributed by atoms with E-state index in [9.17, 15) is 18.0 Å². The standard InChI is InChI=1S/C12H11BrF3NO2/c13-10-2-1-9(12(14,15)16)3-7(10)4-17-5-8(6-17)11(18)19/h1-3,8H,4-6H2,(H,18,19). The average Bonchev–Trinajstić information content (AvgIpc) is 2.22. The molecule has 1 N–H and O–H groups in total. The van der Waals surface area contributed by atoms with Crippen molar-refractivity contribution in [3.8, 4) is 0 Å². The van der Waals surface area contributed by atoms with Gasteiger partial charge in [-0.25, -0.2) is 0 Å². The molecule has 0 aromatic heterocycles. The highest BCUT2D eigenvalue weighted by Gasteiger charge is 2.34. The summed E-state index contributed by atoms with van der Waals surface area (Å²) in [6.45, 7) is 1.06. The average molecular weight is 338 g/mol. The molecule has 0 saturated carbocycles. The smallest absolute Gasteiger partial charge is 0.416 e. The maximum absolute atomic E-state index is 12.6. The van der Waals surface area contributed by atoms with E-state index in [0.29, 0.717) is 29.7 Å². The molecule has 19 heavy (non-hydrogen) atoms. The predicted molar refractivity (Wildman–Crippen MR) is 65.5 cm³/mol. The van der Waals surface area contributed by atoms with Crippen molar-refractivity contribution in [3.05, 3.63) is 33.8 Å². The van der Waals surface area contributed by atoms with Gasteiger partial charge >= 0.3 is 12.1 Å². The Morgan fingerprint density at radius 2 is 2.05 bits per heavy atom. The molecule has 0 bridgehead atoms. The minimum absolute atomic E-state index is 0.314. The highest BCUT2D eigenvalue weighted by atomic mass is 79.9. The van der Waals surface area contributed by atoms with Crippen molar-refractivity contribution in [2.75, 3.05) is 13.1 Å². The molecule has 3 nitrogen and oxygen atoms in total. The van der Waals surface area contributed by atoms with Crippen LogP contribution >= 0.6 is 15.9 Å². The van der Waals surface area contributed by atoms with Gasteiger partial charge in [-0.3, -0.25) is 9.69 Å². The van der Waals surface area contributed by atoms with Gasteiger partial charge in [0.15, 0.2) is 0 Å². The zero-order valence-electron chi connectivity index (χ0n) is 9.75. The molecular formula is C12H11BrF3NO2. The first-order chi connectivity index (χ1) is 8.77. The number of rotatable bonds is 3. The van der Waals surface area contributed by atoms with Crippen LogP contribution in [0.25, 0.3) is 0 Å². The van der Waals surface area contributed by atoms with E-state index >= 15 is 0 Å². The summed E-state index contributed by atoms with van der Waals surface area (Å²) in [6.07, 6.45) is -4.37. The minimum atomic E-state index is -4.37. The number of alkyl halides is 3. The predicted octanol–water partition coefficient (Wildman–Crippen LogP) is 2.98. The Labute approximate surface area is 116 Å². The van der Waals surface area contributed by atoms with E-state index in [1.54, 1.807) is 4.90 Å². The fourth-order valence-electron chi connectivity index (χ4n) is 1.97. The van der Waals surface area contributed by atoms with E-state index in [0.717, 1.165) is 12.1 Å². The summed E-state index contributed by atoms with van der Waals surface area (Å²) in [6, 6.07) is 3.48. The Kier molecular flexibility index (Phi) is 3.87. The topological polar surface area (TPSA) is 40.5 Å². The van der Waals surface area contributed by atoms with E-state index in [2.05, 4.69) is 15.9 Å². The van der Waals surface area contributed by atoms with Crippen LogP contribution in [0.15, 0.2) is 22.7 Å². The second-order valence-corrected chi connectivity index (χ2v) is 5.39. The van der Waals surface area contributed by atoms with Crippen LogP contribution in [0.2, 0.25) is 0 Å². The first kappa shape index (κ1) is 14.3. The third-order valence-corrected chi connectivity index (χ3v) is 3.85. The van der Waals surface area contributed by atoms with Crippen LogP contribution in [-0.2, 0) is 17.5 Å². The number of carboxylic acids is 1. The zero-order valence-corrected chi connectivity index (χ0v) is 11.3. The Morgan fingerprint density at radius 1 is 1.42 bits per heavy atom. The van der Waals surface area contributed by atoms with Crippen molar-refractivity contribution < 1.29 is 23.1 Å². The lowest BCUT2D eigenvalue weighted by atomic mass is 9.99. The summed E-state index contributed by atoms with van der Waals surface area (Å²) in [5, 5.41) is 8.74. The van der Waals surface area contributed by atoms with Crippen LogP contribution in [0, 0.1) is 5.92 Å². The van der Waals surface area contributed by atoms with E-state index in [1.807, 2.05) is 0 Å². The largest absolute Gasteiger partial charge is 0.481 e. The summed E-state index contributed by atoms with van der Waals surface area (Å²) in [7, 11) is 0. The second-order valence-electron chi connectivity index (χ2n) is 4.53. The van der Waals surface area contributed by atoms with Crippen molar-refractivity contribution in [1.82, 2.24) is 4.90 Å². The SMILES string of the molecule is O=C(O)C1CN(Cc2cc(C(F)(F)F)ccc2Br)C1. The lowest BCUT2D eigenvalue weighted by molar-refractivity contribution is -0.147. The molecule has 1 aromatic carbocycles. The molecule has 1 aromatic rings. The van der Waals surface area contributed by atoms with Crippen LogP contribution in [-0.4, -0.2) is 29.1 Å². The van der Waals surface area contributed by atoms with Gasteiger partial charge in [-0.2, -0.15) is 13.2 Å². The highest BCUT2D eigenvalue weighted by Crippen LogP contribution is 2.33. The molecule has 0 amide bonds. The van der Waals surface area contributed by atoms with Crippen LogP contribution in [0.4, 0.5) is 13.2 Å². The first-order valence-corrected chi connectivity index (χ1v) is 6.37. The van der Waals surface area contributed by atoms with Crippen LogP contribution < -0.4 is 0 Å². The zero-order chi connectivity index (χ0) is 14.2. The van der Waals surface area contributed by atoms with Gasteiger partial charge in [0.25, 0.3) is 0 Å². The lowest BCUT2D eigenvalue weighted by Gasteiger charge is -2.36. The Bertz CT molecular complexity index is 498. The normalized spacial score (nSPS) is 17.3. The molecule has 1 saturated heterocycles. The van der Waals surface area contributed by atoms with Gasteiger partial charge in [-0.1, -0.05) is 15.9 Å². The first-order valence-electron chi connectivity index (χ1n) is 5.58. The number of carbonyl (C=O) groups is 1. The molecule has 0 spiro atoms. The van der Waals surface area contributed by atoms with Crippen molar-refractivity contribution in [3.63, 3.8) is 0 Å². The summed E-state index contributed by atoms with van der Waals surface area (Å²) >= 11 is 3.21. The molecule has 0 aliphatic carbocycles. The van der Waals surface area contributed by atoms with Gasteiger partial charge in [0.1, 0.15) is 0 Å². The molecule has 0 unspecified atom stereocenters. The minimum Gasteiger partial charge on any atom is -0.481 e. The van der Waals surface area contributed by atoms with E-state index in [-0.39, 0.29) is 0 Å². The summed E-state index contributed by atoms with van der Waals surface area (Å²) in [4.78, 5) is 12.5. The van der Waals surface area contributed by atoms with Gasteiger partial charge < -0.3 is 5.11 Å². The second kappa shape index (κ2) is 5.13. The molecular weight excluding hydrogens is 327 g/mol. The van der Waals surface area contributed by atoms with Crippen LogP contribution in [0.3, 0.4) is 0 Å². The fourth-order valence-corrected chi connectivity index (χ4v) is 2.34. The number of nitrogens with zero attached hydrogens (tertiary/aromatic N) is 1. The van der Waals surface area contributed by atoms with Gasteiger partial charge in [-0.15, -0.1) is 0 Å². The van der Waals surface area contributed by atoms with Gasteiger partial charge in [0.05, 0.1) is 11.5 Å². The molecule has 1 aliphatic rings. The molecule has 0 radical (unpaired) electrons. The molecule has 0 atom stereocenters. The summed E-state index contributed by atoms with van der Waals surface area (Å²) in [5.74, 6) is -1.27. The van der Waals surface area contributed by atoms with Gasteiger partial charge in [0.2, 0.25) is 0 Å². The molecule has 104 valence electrons. The Hall–Kier alpha value is -1.08. The quantitative estimate of drug-likeness (QED) is 0.921. The lowest BCUT2D eigenvalue weighted by Crippen LogP contribution is -2.49. The number of aliphatic carboxylic acids is 1. The molecule has 1 fully saturated rings. The van der Waals surface area contributed by atoms with Crippen LogP contribution in [0.5, 0.6) is 0 Å². The van der Waals surface area contributed by atoms with E-state index in [4.69, 9.17) is 5.11 Å². The van der Waals surface area contributed by atoms with Gasteiger partial charge in [0, 0.05) is 24.1 Å². The molecule has 7 heteroatoms. The van der Waals surface area contributed by atoms with Crippen molar-refractivity contribution >= 4 is 21.9 Å². The molecule has 2 rings (SSSR count). The number of benzene rings is 1. The maximum Gasteiger partial charge on any atom is 0.416 e. The number of carboxylic acid groups (broad SMARTS) is 1. The van der Waals surface area contributed by atoms with Crippen molar-refractivity contribution in [2.24, 2.45) is 5.92 Å². The number of likely N-dealkylation sites (tertiary alicyclic amines) is 1. The fraction of sp³-hybridized carbons (Fsp3) is 0.417. The van der Waals surface area contributed by atoms with Crippen LogP contribution in [0.1, 0.15) is 11.1 Å².